The molecule has 32 heavy (non-hydrogen) atoms. The number of rotatable bonds is 9. The molecule has 2 aromatic carbocycles. The number of hydrogen-bond donors (Lipinski definition) is 1. The fourth-order valence-electron chi connectivity index (χ4n) is 4.72. The van der Waals surface area contributed by atoms with Crippen molar-refractivity contribution in [2.24, 2.45) is 5.92 Å². The maximum absolute atomic E-state index is 12.7. The van der Waals surface area contributed by atoms with Crippen LogP contribution in [0.2, 0.25) is 0 Å². The maximum Gasteiger partial charge on any atom is 0.251 e. The third kappa shape index (κ3) is 5.06. The number of carbonyl (C=O) groups excluding carboxylic acids is 1. The van der Waals surface area contributed by atoms with Crippen molar-refractivity contribution in [3.63, 3.8) is 0 Å². The number of carbonyl (C=O) groups is 1. The lowest BCUT2D eigenvalue weighted by Gasteiger charge is -2.22. The Hall–Kier alpha value is -3.02. The molecule has 1 amide bonds. The standard InChI is InChI=1S/C26H33N3O3/c1-31-23-13-12-20(18-24(23)32-2)26(30)27-16-14-25-28-21-10-6-7-11-22(21)29(25)17-15-19-8-4-3-5-9-19/h6-7,10-13,18-19H,3-5,8-9,14-17H2,1-2H3,(H,27,30). The minimum Gasteiger partial charge on any atom is -0.493 e. The second-order valence-corrected chi connectivity index (χ2v) is 8.54. The van der Waals surface area contributed by atoms with Crippen molar-refractivity contribution in [1.82, 2.24) is 14.9 Å². The maximum atomic E-state index is 12.7. The van der Waals surface area contributed by atoms with Crippen molar-refractivity contribution in [3.8, 4) is 11.5 Å². The molecule has 1 aromatic heterocycles. The molecule has 0 aliphatic heterocycles. The van der Waals surface area contributed by atoms with Gasteiger partial charge in [0, 0.05) is 25.1 Å². The first-order valence-corrected chi connectivity index (χ1v) is 11.6. The van der Waals surface area contributed by atoms with Crippen LogP contribution in [-0.2, 0) is 13.0 Å². The van der Waals surface area contributed by atoms with Gasteiger partial charge in [0.05, 0.1) is 25.3 Å². The number of aryl methyl sites for hydroxylation is 1. The van der Waals surface area contributed by atoms with Crippen LogP contribution < -0.4 is 14.8 Å². The lowest BCUT2D eigenvalue weighted by Crippen LogP contribution is -2.26. The number of hydrogen-bond acceptors (Lipinski definition) is 4. The van der Waals surface area contributed by atoms with E-state index < -0.39 is 0 Å². The van der Waals surface area contributed by atoms with Crippen LogP contribution in [0.3, 0.4) is 0 Å². The summed E-state index contributed by atoms with van der Waals surface area (Å²) < 4.78 is 12.9. The largest absolute Gasteiger partial charge is 0.493 e. The van der Waals surface area contributed by atoms with Crippen molar-refractivity contribution in [1.29, 1.82) is 0 Å². The molecule has 4 rings (SSSR count). The minimum absolute atomic E-state index is 0.129. The summed E-state index contributed by atoms with van der Waals surface area (Å²) in [5, 5.41) is 3.02. The number of fused-ring (bicyclic) bond motifs is 1. The van der Waals surface area contributed by atoms with E-state index in [4.69, 9.17) is 14.5 Å². The van der Waals surface area contributed by atoms with Crippen LogP contribution >= 0.6 is 0 Å². The number of nitrogens with zero attached hydrogens (tertiary/aromatic N) is 2. The molecule has 0 saturated heterocycles. The molecule has 6 nitrogen and oxygen atoms in total. The van der Waals surface area contributed by atoms with Gasteiger partial charge in [0.2, 0.25) is 0 Å². The number of nitrogens with one attached hydrogen (secondary N) is 1. The Labute approximate surface area is 189 Å². The molecule has 170 valence electrons. The molecular formula is C26H33N3O3. The van der Waals surface area contributed by atoms with E-state index in [1.807, 2.05) is 6.07 Å². The molecule has 0 spiro atoms. The Bertz CT molecular complexity index is 1050. The SMILES string of the molecule is COc1ccc(C(=O)NCCc2nc3ccccc3n2CCC2CCCCC2)cc1OC. The lowest BCUT2D eigenvalue weighted by atomic mass is 9.87. The summed E-state index contributed by atoms with van der Waals surface area (Å²) in [7, 11) is 3.15. The molecular weight excluding hydrogens is 402 g/mol. The number of amides is 1. The number of benzene rings is 2. The molecule has 0 atom stereocenters. The third-order valence-electron chi connectivity index (χ3n) is 6.50. The number of imidazole rings is 1. The average Bonchev–Trinajstić information content (AvgIpc) is 3.20. The van der Waals surface area contributed by atoms with Crippen LogP contribution in [0.1, 0.15) is 54.7 Å². The van der Waals surface area contributed by atoms with E-state index >= 15 is 0 Å². The first kappa shape index (κ1) is 22.2. The van der Waals surface area contributed by atoms with Crippen molar-refractivity contribution < 1.29 is 14.3 Å². The van der Waals surface area contributed by atoms with Gasteiger partial charge < -0.3 is 19.4 Å². The molecule has 1 fully saturated rings. The summed E-state index contributed by atoms with van der Waals surface area (Å²) in [6, 6.07) is 13.5. The van der Waals surface area contributed by atoms with Gasteiger partial charge in [-0.2, -0.15) is 0 Å². The highest BCUT2D eigenvalue weighted by molar-refractivity contribution is 5.94. The molecule has 1 heterocycles. The Morgan fingerprint density at radius 3 is 2.62 bits per heavy atom. The minimum atomic E-state index is -0.129. The molecule has 6 heteroatoms. The van der Waals surface area contributed by atoms with Crippen LogP contribution in [0.15, 0.2) is 42.5 Å². The van der Waals surface area contributed by atoms with Crippen molar-refractivity contribution in [2.75, 3.05) is 20.8 Å². The van der Waals surface area contributed by atoms with E-state index in [0.29, 0.717) is 30.0 Å². The summed E-state index contributed by atoms with van der Waals surface area (Å²) in [6.07, 6.45) is 8.71. The normalized spacial score (nSPS) is 14.4. The third-order valence-corrected chi connectivity index (χ3v) is 6.50. The Kier molecular flexibility index (Phi) is 7.30. The van der Waals surface area contributed by atoms with Gasteiger partial charge in [-0.05, 0) is 42.7 Å². The van der Waals surface area contributed by atoms with Gasteiger partial charge >= 0.3 is 0 Å². The first-order chi connectivity index (χ1) is 15.7. The van der Waals surface area contributed by atoms with E-state index in [0.717, 1.165) is 23.8 Å². The predicted molar refractivity (Wildman–Crippen MR) is 127 cm³/mol. The summed E-state index contributed by atoms with van der Waals surface area (Å²) in [6.45, 7) is 1.52. The second-order valence-electron chi connectivity index (χ2n) is 8.54. The van der Waals surface area contributed by atoms with Crippen LogP contribution in [0.5, 0.6) is 11.5 Å². The molecule has 0 unspecified atom stereocenters. The van der Waals surface area contributed by atoms with Gasteiger partial charge in [-0.1, -0.05) is 44.2 Å². The van der Waals surface area contributed by atoms with Crippen molar-refractivity contribution in [2.45, 2.75) is 51.5 Å². The van der Waals surface area contributed by atoms with Gasteiger partial charge in [0.15, 0.2) is 11.5 Å². The molecule has 1 aliphatic rings. The highest BCUT2D eigenvalue weighted by atomic mass is 16.5. The van der Waals surface area contributed by atoms with E-state index in [-0.39, 0.29) is 5.91 Å². The van der Waals surface area contributed by atoms with Gasteiger partial charge in [0.1, 0.15) is 5.82 Å². The van der Waals surface area contributed by atoms with Crippen molar-refractivity contribution >= 4 is 16.9 Å². The number of aromatic nitrogens is 2. The highest BCUT2D eigenvalue weighted by Gasteiger charge is 2.16. The summed E-state index contributed by atoms with van der Waals surface area (Å²) in [5.41, 5.74) is 2.76. The Balaban J connectivity index is 1.42. The first-order valence-electron chi connectivity index (χ1n) is 11.6. The summed E-state index contributed by atoms with van der Waals surface area (Å²) in [4.78, 5) is 17.5. The number of ether oxygens (including phenoxy) is 2. The quantitative estimate of drug-likeness (QED) is 0.514. The number of methoxy groups -OCH3 is 2. The summed E-state index contributed by atoms with van der Waals surface area (Å²) in [5.74, 6) is 2.88. The topological polar surface area (TPSA) is 65.4 Å². The van der Waals surface area contributed by atoms with E-state index in [2.05, 4.69) is 28.1 Å². The van der Waals surface area contributed by atoms with Crippen molar-refractivity contribution in [3.05, 3.63) is 53.9 Å². The zero-order valence-corrected chi connectivity index (χ0v) is 19.1. The van der Waals surface area contributed by atoms with E-state index in [9.17, 15) is 4.79 Å². The number of para-hydroxylation sites is 2. The molecule has 1 aliphatic carbocycles. The second kappa shape index (κ2) is 10.5. The van der Waals surface area contributed by atoms with Gasteiger partial charge in [-0.25, -0.2) is 4.98 Å². The van der Waals surface area contributed by atoms with Gasteiger partial charge in [-0.3, -0.25) is 4.79 Å². The lowest BCUT2D eigenvalue weighted by molar-refractivity contribution is 0.0953. The fourth-order valence-corrected chi connectivity index (χ4v) is 4.72. The van der Waals surface area contributed by atoms with Gasteiger partial charge in [-0.15, -0.1) is 0 Å². The average molecular weight is 436 g/mol. The smallest absolute Gasteiger partial charge is 0.251 e. The van der Waals surface area contributed by atoms with Crippen LogP contribution in [0.4, 0.5) is 0 Å². The highest BCUT2D eigenvalue weighted by Crippen LogP contribution is 2.28. The molecule has 0 bridgehead atoms. The Morgan fingerprint density at radius 2 is 1.84 bits per heavy atom. The Morgan fingerprint density at radius 1 is 1.06 bits per heavy atom. The zero-order chi connectivity index (χ0) is 22.3. The molecule has 0 radical (unpaired) electrons. The molecule has 1 N–H and O–H groups in total. The van der Waals surface area contributed by atoms with Crippen LogP contribution in [0, 0.1) is 5.92 Å². The molecule has 3 aromatic rings. The van der Waals surface area contributed by atoms with Gasteiger partial charge in [0.25, 0.3) is 5.91 Å². The van der Waals surface area contributed by atoms with E-state index in [1.54, 1.807) is 32.4 Å². The predicted octanol–water partition coefficient (Wildman–Crippen LogP) is 5.00. The van der Waals surface area contributed by atoms with Crippen LogP contribution in [0.25, 0.3) is 11.0 Å². The van der Waals surface area contributed by atoms with E-state index in [1.165, 1.54) is 44.0 Å². The molecule has 1 saturated carbocycles. The van der Waals surface area contributed by atoms with Crippen LogP contribution in [-0.4, -0.2) is 36.2 Å². The summed E-state index contributed by atoms with van der Waals surface area (Å²) >= 11 is 0. The zero-order valence-electron chi connectivity index (χ0n) is 19.1. The fraction of sp³-hybridized carbons (Fsp3) is 0.462. The monoisotopic (exact) mass is 435 g/mol.